The zero-order chi connectivity index (χ0) is 9.84. The smallest absolute Gasteiger partial charge is 0.409 e. The molecule has 13 heavy (non-hydrogen) atoms. The molecular weight excluding hydrogens is 234 g/mol. The molecule has 0 bridgehead atoms. The van der Waals surface area contributed by atoms with Gasteiger partial charge in [0.15, 0.2) is 0 Å². The minimum Gasteiger partial charge on any atom is -0.448 e. The fourth-order valence-electron chi connectivity index (χ4n) is 1.31. The summed E-state index contributed by atoms with van der Waals surface area (Å²) in [5.41, 5.74) is 0. The second kappa shape index (κ2) is 4.84. The molecule has 76 valence electrons. The molecule has 3 nitrogen and oxygen atoms in total. The molecule has 1 saturated heterocycles. The maximum Gasteiger partial charge on any atom is 0.409 e. The molecule has 1 aliphatic rings. The summed E-state index contributed by atoms with van der Waals surface area (Å²) >= 11 is 3.46. The second-order valence-corrected chi connectivity index (χ2v) is 4.37. The number of carbonyl (C=O) groups excluding carboxylic acids is 1. The Morgan fingerprint density at radius 3 is 2.69 bits per heavy atom. The summed E-state index contributed by atoms with van der Waals surface area (Å²) in [6, 6.07) is 0. The Morgan fingerprint density at radius 1 is 1.62 bits per heavy atom. The Balaban J connectivity index is 2.41. The van der Waals surface area contributed by atoms with Crippen molar-refractivity contribution in [2.75, 3.05) is 25.0 Å². The van der Waals surface area contributed by atoms with Crippen molar-refractivity contribution < 1.29 is 9.53 Å². The number of halogens is 1. The van der Waals surface area contributed by atoms with Gasteiger partial charge in [-0.3, -0.25) is 0 Å². The normalized spacial score (nSPS) is 19.4. The van der Waals surface area contributed by atoms with E-state index in [-0.39, 0.29) is 6.09 Å². The lowest BCUT2D eigenvalue weighted by Gasteiger charge is -2.23. The van der Waals surface area contributed by atoms with E-state index in [2.05, 4.69) is 29.8 Å². The van der Waals surface area contributed by atoms with Crippen LogP contribution in [0.25, 0.3) is 0 Å². The highest BCUT2D eigenvalue weighted by Crippen LogP contribution is 2.17. The van der Waals surface area contributed by atoms with Crippen LogP contribution in [0.3, 0.4) is 0 Å². The monoisotopic (exact) mass is 249 g/mol. The average molecular weight is 250 g/mol. The van der Waals surface area contributed by atoms with Crippen molar-refractivity contribution in [1.29, 1.82) is 0 Å². The standard InChI is InChI=1S/C9H16BrNO2/c1-7(2)8(5-10)6-11-3-4-13-9(11)12/h7-8H,3-6H2,1-2H3. The van der Waals surface area contributed by atoms with Crippen LogP contribution in [0.15, 0.2) is 0 Å². The minimum absolute atomic E-state index is 0.161. The SMILES string of the molecule is CC(C)C(CBr)CN1CCOC1=O. The van der Waals surface area contributed by atoms with Crippen molar-refractivity contribution in [3.63, 3.8) is 0 Å². The van der Waals surface area contributed by atoms with E-state index in [4.69, 9.17) is 4.74 Å². The van der Waals surface area contributed by atoms with E-state index in [0.29, 0.717) is 18.4 Å². The van der Waals surface area contributed by atoms with E-state index in [1.54, 1.807) is 4.90 Å². The first kappa shape index (κ1) is 10.8. The van der Waals surface area contributed by atoms with Crippen LogP contribution in [0.2, 0.25) is 0 Å². The van der Waals surface area contributed by atoms with Crippen LogP contribution in [0.1, 0.15) is 13.8 Å². The first-order chi connectivity index (χ1) is 6.15. The van der Waals surface area contributed by atoms with Crippen molar-refractivity contribution >= 4 is 22.0 Å². The highest BCUT2D eigenvalue weighted by molar-refractivity contribution is 9.09. The number of carbonyl (C=O) groups is 1. The van der Waals surface area contributed by atoms with Gasteiger partial charge in [0.05, 0.1) is 6.54 Å². The van der Waals surface area contributed by atoms with E-state index in [1.807, 2.05) is 0 Å². The van der Waals surface area contributed by atoms with Crippen LogP contribution in [0, 0.1) is 11.8 Å². The summed E-state index contributed by atoms with van der Waals surface area (Å²) < 4.78 is 4.86. The number of nitrogens with zero attached hydrogens (tertiary/aromatic N) is 1. The molecule has 0 radical (unpaired) electrons. The number of rotatable bonds is 4. The predicted octanol–water partition coefficient (Wildman–Crippen LogP) is 2.11. The molecule has 0 N–H and O–H groups in total. The topological polar surface area (TPSA) is 29.5 Å². The van der Waals surface area contributed by atoms with Gasteiger partial charge in [-0.1, -0.05) is 29.8 Å². The summed E-state index contributed by atoms with van der Waals surface area (Å²) in [5, 5.41) is 0.939. The third-order valence-electron chi connectivity index (χ3n) is 2.44. The molecule has 0 aromatic heterocycles. The van der Waals surface area contributed by atoms with Crippen molar-refractivity contribution in [3.8, 4) is 0 Å². The van der Waals surface area contributed by atoms with Gasteiger partial charge in [0.2, 0.25) is 0 Å². The molecule has 1 unspecified atom stereocenters. The minimum atomic E-state index is -0.161. The molecule has 1 atom stereocenters. The number of ether oxygens (including phenoxy) is 1. The van der Waals surface area contributed by atoms with Crippen LogP contribution in [0.4, 0.5) is 4.79 Å². The van der Waals surface area contributed by atoms with Gasteiger partial charge in [0, 0.05) is 11.9 Å². The number of hydrogen-bond donors (Lipinski definition) is 0. The zero-order valence-electron chi connectivity index (χ0n) is 8.12. The molecule has 0 spiro atoms. The second-order valence-electron chi connectivity index (χ2n) is 3.72. The highest BCUT2D eigenvalue weighted by atomic mass is 79.9. The third kappa shape index (κ3) is 2.86. The van der Waals surface area contributed by atoms with Crippen molar-refractivity contribution in [1.82, 2.24) is 4.90 Å². The molecule has 4 heteroatoms. The van der Waals surface area contributed by atoms with E-state index in [0.717, 1.165) is 18.4 Å². The van der Waals surface area contributed by atoms with Crippen LogP contribution in [-0.2, 0) is 4.74 Å². The number of alkyl halides is 1. The Kier molecular flexibility index (Phi) is 4.03. The number of hydrogen-bond acceptors (Lipinski definition) is 2. The lowest BCUT2D eigenvalue weighted by molar-refractivity contribution is 0.152. The molecular formula is C9H16BrNO2. The summed E-state index contributed by atoms with van der Waals surface area (Å²) in [7, 11) is 0. The van der Waals surface area contributed by atoms with Crippen molar-refractivity contribution in [3.05, 3.63) is 0 Å². The van der Waals surface area contributed by atoms with Crippen LogP contribution >= 0.6 is 15.9 Å². The van der Waals surface area contributed by atoms with Gasteiger partial charge in [0.1, 0.15) is 6.61 Å². The fourth-order valence-corrected chi connectivity index (χ4v) is 2.26. The molecule has 1 amide bonds. The highest BCUT2D eigenvalue weighted by Gasteiger charge is 2.25. The van der Waals surface area contributed by atoms with E-state index in [1.165, 1.54) is 0 Å². The molecule has 1 fully saturated rings. The Morgan fingerprint density at radius 2 is 2.31 bits per heavy atom. The van der Waals surface area contributed by atoms with Crippen LogP contribution in [0.5, 0.6) is 0 Å². The van der Waals surface area contributed by atoms with E-state index >= 15 is 0 Å². The van der Waals surface area contributed by atoms with Gasteiger partial charge in [-0.2, -0.15) is 0 Å². The third-order valence-corrected chi connectivity index (χ3v) is 3.27. The largest absolute Gasteiger partial charge is 0.448 e. The Labute approximate surface area is 87.6 Å². The summed E-state index contributed by atoms with van der Waals surface area (Å²) in [5.74, 6) is 1.11. The molecule has 0 saturated carbocycles. The molecule has 0 aromatic carbocycles. The van der Waals surface area contributed by atoms with Crippen molar-refractivity contribution in [2.45, 2.75) is 13.8 Å². The lowest BCUT2D eigenvalue weighted by atomic mass is 9.98. The molecule has 1 aliphatic heterocycles. The zero-order valence-corrected chi connectivity index (χ0v) is 9.71. The maximum absolute atomic E-state index is 11.1. The molecule has 0 aliphatic carbocycles. The van der Waals surface area contributed by atoms with Gasteiger partial charge < -0.3 is 9.64 Å². The summed E-state index contributed by atoms with van der Waals surface area (Å²) in [6.45, 7) is 6.45. The quantitative estimate of drug-likeness (QED) is 0.715. The molecule has 1 heterocycles. The van der Waals surface area contributed by atoms with Gasteiger partial charge >= 0.3 is 6.09 Å². The van der Waals surface area contributed by atoms with Gasteiger partial charge in [0.25, 0.3) is 0 Å². The number of amides is 1. The van der Waals surface area contributed by atoms with E-state index < -0.39 is 0 Å². The van der Waals surface area contributed by atoms with Crippen LogP contribution in [-0.4, -0.2) is 36.0 Å². The Bertz CT molecular complexity index is 184. The van der Waals surface area contributed by atoms with Gasteiger partial charge in [-0.05, 0) is 11.8 Å². The average Bonchev–Trinajstić information content (AvgIpc) is 2.46. The van der Waals surface area contributed by atoms with Crippen molar-refractivity contribution in [2.24, 2.45) is 11.8 Å². The maximum atomic E-state index is 11.1. The van der Waals surface area contributed by atoms with Crippen LogP contribution < -0.4 is 0 Å². The van der Waals surface area contributed by atoms with Gasteiger partial charge in [-0.15, -0.1) is 0 Å². The summed E-state index contributed by atoms with van der Waals surface area (Å²) in [6.07, 6.45) is -0.161. The molecule has 1 rings (SSSR count). The number of cyclic esters (lactones) is 1. The predicted molar refractivity (Wildman–Crippen MR) is 55.0 cm³/mol. The van der Waals surface area contributed by atoms with E-state index in [9.17, 15) is 4.79 Å². The molecule has 0 aromatic rings. The fraction of sp³-hybridized carbons (Fsp3) is 0.889. The Hall–Kier alpha value is -0.250. The first-order valence-corrected chi connectivity index (χ1v) is 5.75. The summed E-state index contributed by atoms with van der Waals surface area (Å²) in [4.78, 5) is 12.9. The first-order valence-electron chi connectivity index (χ1n) is 4.62. The van der Waals surface area contributed by atoms with Gasteiger partial charge in [-0.25, -0.2) is 4.79 Å². The lowest BCUT2D eigenvalue weighted by Crippen LogP contribution is -2.33.